The maximum Gasteiger partial charge on any atom is 0.306 e. The van der Waals surface area contributed by atoms with Crippen molar-refractivity contribution >= 4 is 5.97 Å². The molecule has 0 atom stereocenters. The molecule has 0 unspecified atom stereocenters. The third-order valence-electron chi connectivity index (χ3n) is 6.37. The number of hydrogen-bond acceptors (Lipinski definition) is 2. The summed E-state index contributed by atoms with van der Waals surface area (Å²) in [5.74, 6) is -0.0814. The van der Waals surface area contributed by atoms with E-state index < -0.39 is 5.97 Å². The van der Waals surface area contributed by atoms with Gasteiger partial charge in [-0.2, -0.15) is 0 Å². The lowest BCUT2D eigenvalue weighted by atomic mass is 9.58. The van der Waals surface area contributed by atoms with Gasteiger partial charge in [0, 0.05) is 6.54 Å². The highest BCUT2D eigenvalue weighted by Crippen LogP contribution is 2.50. The molecule has 0 spiro atoms. The number of carboxylic acid groups (broad SMARTS) is 1. The molecule has 1 aromatic carbocycles. The van der Waals surface area contributed by atoms with Crippen LogP contribution < -0.4 is 5.73 Å². The third kappa shape index (κ3) is 3.30. The van der Waals surface area contributed by atoms with E-state index in [0.717, 1.165) is 25.7 Å². The molecule has 2 saturated carbocycles. The standard InChI is InChI=1S/C20H29NO2/c21-14-15-4-8-17(9-5-15)20(12-2-1-3-13-20)18-10-6-16(7-11-18)19(22)23/h4-5,8-9,16,18H,1-3,6-7,10-14,21H2,(H,22,23)/t16-,18-. The van der Waals surface area contributed by atoms with Crippen molar-refractivity contribution in [3.05, 3.63) is 35.4 Å². The van der Waals surface area contributed by atoms with Crippen molar-refractivity contribution in [2.75, 3.05) is 0 Å². The van der Waals surface area contributed by atoms with Crippen molar-refractivity contribution in [2.24, 2.45) is 17.6 Å². The molecule has 2 aliphatic rings. The van der Waals surface area contributed by atoms with Gasteiger partial charge in [-0.25, -0.2) is 0 Å². The van der Waals surface area contributed by atoms with Gasteiger partial charge in [0.2, 0.25) is 0 Å². The fourth-order valence-electron chi connectivity index (χ4n) is 4.98. The molecule has 3 nitrogen and oxygen atoms in total. The largest absolute Gasteiger partial charge is 0.481 e. The minimum atomic E-state index is -0.603. The maximum absolute atomic E-state index is 11.2. The lowest BCUT2D eigenvalue weighted by molar-refractivity contribution is -0.143. The average molecular weight is 315 g/mol. The number of nitrogens with two attached hydrogens (primary N) is 1. The molecule has 0 aromatic heterocycles. The minimum absolute atomic E-state index is 0.119. The van der Waals surface area contributed by atoms with E-state index in [-0.39, 0.29) is 11.3 Å². The Kier molecular flexibility index (Phi) is 5.05. The molecule has 2 fully saturated rings. The molecule has 3 N–H and O–H groups in total. The van der Waals surface area contributed by atoms with Crippen LogP contribution in [0.2, 0.25) is 0 Å². The molecule has 0 radical (unpaired) electrons. The second-order valence-electron chi connectivity index (χ2n) is 7.50. The van der Waals surface area contributed by atoms with E-state index in [9.17, 15) is 9.90 Å². The molecule has 23 heavy (non-hydrogen) atoms. The van der Waals surface area contributed by atoms with Crippen LogP contribution >= 0.6 is 0 Å². The molecule has 1 aromatic rings. The molecule has 0 saturated heterocycles. The highest BCUT2D eigenvalue weighted by Gasteiger charge is 2.43. The Morgan fingerprint density at radius 2 is 1.65 bits per heavy atom. The first-order chi connectivity index (χ1) is 11.2. The molecular formula is C20H29NO2. The van der Waals surface area contributed by atoms with Crippen molar-refractivity contribution in [3.63, 3.8) is 0 Å². The zero-order valence-corrected chi connectivity index (χ0v) is 14.0. The Bertz CT molecular complexity index is 523. The Hall–Kier alpha value is -1.35. The van der Waals surface area contributed by atoms with E-state index in [4.69, 9.17) is 5.73 Å². The Morgan fingerprint density at radius 1 is 1.04 bits per heavy atom. The van der Waals surface area contributed by atoms with Crippen molar-refractivity contribution in [1.82, 2.24) is 0 Å². The summed E-state index contributed by atoms with van der Waals surface area (Å²) in [6.07, 6.45) is 10.3. The van der Waals surface area contributed by atoms with E-state index in [2.05, 4.69) is 24.3 Å². The first kappa shape index (κ1) is 16.5. The van der Waals surface area contributed by atoms with E-state index >= 15 is 0 Å². The summed E-state index contributed by atoms with van der Waals surface area (Å²) in [4.78, 5) is 11.2. The van der Waals surface area contributed by atoms with Gasteiger partial charge in [-0.15, -0.1) is 0 Å². The van der Waals surface area contributed by atoms with Crippen LogP contribution in [0.4, 0.5) is 0 Å². The highest BCUT2D eigenvalue weighted by atomic mass is 16.4. The zero-order valence-electron chi connectivity index (χ0n) is 14.0. The first-order valence-electron chi connectivity index (χ1n) is 9.18. The van der Waals surface area contributed by atoms with Gasteiger partial charge in [0.05, 0.1) is 5.92 Å². The predicted octanol–water partition coefficient (Wildman–Crippen LogP) is 4.24. The number of hydrogen-bond donors (Lipinski definition) is 2. The van der Waals surface area contributed by atoms with Gasteiger partial charge in [-0.1, -0.05) is 43.5 Å². The summed E-state index contributed by atoms with van der Waals surface area (Å²) in [6.45, 7) is 0.594. The molecule has 0 amide bonds. The molecule has 0 aliphatic heterocycles. The number of rotatable bonds is 4. The van der Waals surface area contributed by atoms with Crippen molar-refractivity contribution in [2.45, 2.75) is 69.7 Å². The summed E-state index contributed by atoms with van der Waals surface area (Å²) < 4.78 is 0. The molecule has 0 bridgehead atoms. The smallest absolute Gasteiger partial charge is 0.306 e. The van der Waals surface area contributed by atoms with Gasteiger partial charge in [-0.3, -0.25) is 4.79 Å². The van der Waals surface area contributed by atoms with Crippen molar-refractivity contribution in [1.29, 1.82) is 0 Å². The Labute approximate surface area is 139 Å². The van der Waals surface area contributed by atoms with Crippen LogP contribution in [-0.2, 0) is 16.8 Å². The monoisotopic (exact) mass is 315 g/mol. The number of carboxylic acids is 1. The van der Waals surface area contributed by atoms with Crippen molar-refractivity contribution in [3.8, 4) is 0 Å². The lowest BCUT2D eigenvalue weighted by Gasteiger charge is -2.47. The first-order valence-corrected chi connectivity index (χ1v) is 9.18. The SMILES string of the molecule is NCc1ccc(C2([C@H]3CC[C@H](C(=O)O)CC3)CCCCC2)cc1. The fraction of sp³-hybridized carbons (Fsp3) is 0.650. The maximum atomic E-state index is 11.2. The van der Waals surface area contributed by atoms with Crippen LogP contribution in [-0.4, -0.2) is 11.1 Å². The number of benzene rings is 1. The molecule has 126 valence electrons. The van der Waals surface area contributed by atoms with Gasteiger partial charge < -0.3 is 10.8 Å². The summed E-state index contributed by atoms with van der Waals surface area (Å²) in [6, 6.07) is 8.93. The van der Waals surface area contributed by atoms with Crippen molar-refractivity contribution < 1.29 is 9.90 Å². The quantitative estimate of drug-likeness (QED) is 0.873. The van der Waals surface area contributed by atoms with Crippen LogP contribution in [0.15, 0.2) is 24.3 Å². The van der Waals surface area contributed by atoms with Crippen LogP contribution in [0.3, 0.4) is 0 Å². The van der Waals surface area contributed by atoms with Gasteiger partial charge in [0.25, 0.3) is 0 Å². The zero-order chi connectivity index (χ0) is 16.3. The third-order valence-corrected chi connectivity index (χ3v) is 6.37. The second kappa shape index (κ2) is 7.04. The van der Waals surface area contributed by atoms with Gasteiger partial charge in [0.15, 0.2) is 0 Å². The van der Waals surface area contributed by atoms with Crippen LogP contribution in [0.25, 0.3) is 0 Å². The molecule has 3 rings (SSSR count). The Balaban J connectivity index is 1.83. The summed E-state index contributed by atoms with van der Waals surface area (Å²) in [7, 11) is 0. The van der Waals surface area contributed by atoms with Gasteiger partial charge in [-0.05, 0) is 61.0 Å². The molecular weight excluding hydrogens is 286 g/mol. The lowest BCUT2D eigenvalue weighted by Crippen LogP contribution is -2.40. The Morgan fingerprint density at radius 3 is 2.17 bits per heavy atom. The van der Waals surface area contributed by atoms with E-state index in [1.165, 1.54) is 43.2 Å². The normalized spacial score (nSPS) is 27.5. The minimum Gasteiger partial charge on any atom is -0.481 e. The van der Waals surface area contributed by atoms with Gasteiger partial charge >= 0.3 is 5.97 Å². The van der Waals surface area contributed by atoms with Crippen LogP contribution in [0.5, 0.6) is 0 Å². The number of carbonyl (C=O) groups is 1. The van der Waals surface area contributed by atoms with Crippen LogP contribution in [0, 0.1) is 11.8 Å². The van der Waals surface area contributed by atoms with E-state index in [1.54, 1.807) is 0 Å². The summed E-state index contributed by atoms with van der Waals surface area (Å²) in [5, 5.41) is 9.26. The fourth-order valence-corrected chi connectivity index (χ4v) is 4.98. The van der Waals surface area contributed by atoms with Gasteiger partial charge in [0.1, 0.15) is 0 Å². The highest BCUT2D eigenvalue weighted by molar-refractivity contribution is 5.70. The summed E-state index contributed by atoms with van der Waals surface area (Å²) in [5.41, 5.74) is 8.67. The second-order valence-corrected chi connectivity index (χ2v) is 7.50. The molecule has 0 heterocycles. The number of aliphatic carboxylic acids is 1. The average Bonchev–Trinajstić information content (AvgIpc) is 2.62. The van der Waals surface area contributed by atoms with E-state index in [1.807, 2.05) is 0 Å². The molecule has 3 heteroatoms. The van der Waals surface area contributed by atoms with Crippen LogP contribution in [0.1, 0.15) is 68.9 Å². The predicted molar refractivity (Wildman–Crippen MR) is 92.2 cm³/mol. The summed E-state index contributed by atoms with van der Waals surface area (Å²) >= 11 is 0. The van der Waals surface area contributed by atoms with E-state index in [0.29, 0.717) is 12.5 Å². The molecule has 2 aliphatic carbocycles. The topological polar surface area (TPSA) is 63.3 Å².